The van der Waals surface area contributed by atoms with Crippen molar-refractivity contribution >= 4 is 46.7 Å². The molecule has 0 aromatic rings. The van der Waals surface area contributed by atoms with Crippen LogP contribution in [-0.4, -0.2) is 26.9 Å². The van der Waals surface area contributed by atoms with E-state index >= 15 is 0 Å². The summed E-state index contributed by atoms with van der Waals surface area (Å²) in [6, 6.07) is 0. The molecule has 1 saturated carbocycles. The maximum atomic E-state index is 11.7. The maximum Gasteiger partial charge on any atom is 0.324 e. The molecule has 1 aliphatic heterocycles. The van der Waals surface area contributed by atoms with Crippen molar-refractivity contribution < 1.29 is 19.4 Å². The zero-order valence-electron chi connectivity index (χ0n) is 8.46. The van der Waals surface area contributed by atoms with Gasteiger partial charge in [-0.3, -0.25) is 9.59 Å². The minimum atomic E-state index is -1.80. The van der Waals surface area contributed by atoms with Gasteiger partial charge in [-0.15, -0.1) is 0 Å². The summed E-state index contributed by atoms with van der Waals surface area (Å²) in [6.07, 6.45) is -1.00. The Morgan fingerprint density at radius 3 is 2.19 bits per heavy atom. The van der Waals surface area contributed by atoms with Crippen molar-refractivity contribution in [2.45, 2.75) is 23.7 Å². The lowest BCUT2D eigenvalue weighted by Crippen LogP contribution is -2.34. The molecule has 7 heteroatoms. The van der Waals surface area contributed by atoms with Gasteiger partial charge in [-0.1, -0.05) is 48.7 Å². The number of carbonyl (C=O) groups is 2. The van der Waals surface area contributed by atoms with E-state index in [0.717, 1.165) is 0 Å². The second kappa shape index (κ2) is 2.98. The van der Waals surface area contributed by atoms with Crippen molar-refractivity contribution in [3.05, 3.63) is 0 Å². The Hall–Kier alpha value is -0.190. The number of alkyl halides is 3. The van der Waals surface area contributed by atoms with E-state index in [2.05, 4.69) is 0 Å². The van der Waals surface area contributed by atoms with E-state index in [9.17, 15) is 14.7 Å². The van der Waals surface area contributed by atoms with Crippen LogP contribution < -0.4 is 0 Å². The van der Waals surface area contributed by atoms with Crippen LogP contribution in [0.4, 0.5) is 0 Å². The van der Waals surface area contributed by atoms with Crippen molar-refractivity contribution in [2.75, 3.05) is 0 Å². The van der Waals surface area contributed by atoms with Crippen LogP contribution in [0.3, 0.4) is 0 Å². The van der Waals surface area contributed by atoms with Crippen molar-refractivity contribution in [1.29, 1.82) is 0 Å². The van der Waals surface area contributed by atoms with Crippen molar-refractivity contribution in [3.63, 3.8) is 0 Å². The molecule has 0 amide bonds. The number of carbonyl (C=O) groups excluding carboxylic acids is 1. The Balaban J connectivity index is 2.45. The van der Waals surface area contributed by atoms with Gasteiger partial charge in [0, 0.05) is 11.3 Å². The molecule has 1 aliphatic carbocycles. The molecule has 0 radical (unpaired) electrons. The SMILES string of the molecule is CC1(C)C2C(C(Cl)(Cl)Cl)OC(=O)C21C(=O)O. The van der Waals surface area contributed by atoms with Crippen LogP contribution in [0.1, 0.15) is 13.8 Å². The highest BCUT2D eigenvalue weighted by atomic mass is 35.6. The van der Waals surface area contributed by atoms with Crippen LogP contribution in [0.25, 0.3) is 0 Å². The van der Waals surface area contributed by atoms with E-state index in [1.54, 1.807) is 13.8 Å². The first-order valence-electron chi connectivity index (χ1n) is 4.59. The molecule has 0 spiro atoms. The fourth-order valence-electron chi connectivity index (χ4n) is 2.83. The number of aliphatic carboxylic acids is 1. The van der Waals surface area contributed by atoms with Crippen LogP contribution in [0, 0.1) is 16.7 Å². The summed E-state index contributed by atoms with van der Waals surface area (Å²) in [6.45, 7) is 3.32. The fraction of sp³-hybridized carbons (Fsp3) is 0.778. The number of ether oxygens (including phenoxy) is 1. The Kier molecular flexibility index (Phi) is 2.28. The molecule has 3 atom stereocenters. The predicted molar refractivity (Wildman–Crippen MR) is 57.5 cm³/mol. The van der Waals surface area contributed by atoms with E-state index in [1.807, 2.05) is 0 Å². The molecule has 1 N–H and O–H groups in total. The van der Waals surface area contributed by atoms with Gasteiger partial charge in [-0.2, -0.15) is 0 Å². The van der Waals surface area contributed by atoms with Crippen LogP contribution in [0.2, 0.25) is 0 Å². The molecule has 3 unspecified atom stereocenters. The summed E-state index contributed by atoms with van der Waals surface area (Å²) in [5.74, 6) is -2.63. The Bertz CT molecular complexity index is 387. The van der Waals surface area contributed by atoms with E-state index in [1.165, 1.54) is 0 Å². The molecule has 2 rings (SSSR count). The second-order valence-electron chi connectivity index (χ2n) is 4.68. The zero-order valence-corrected chi connectivity index (χ0v) is 10.7. The van der Waals surface area contributed by atoms with E-state index in [-0.39, 0.29) is 0 Å². The molecule has 16 heavy (non-hydrogen) atoms. The number of halogens is 3. The number of carboxylic acids is 1. The minimum absolute atomic E-state index is 0.600. The standard InChI is InChI=1S/C9H9Cl3O4/c1-7(2)3-4(9(10,11)12)16-6(15)8(3,7)5(13)14/h3-4H,1-2H3,(H,13,14). The van der Waals surface area contributed by atoms with Gasteiger partial charge in [0.2, 0.25) is 3.79 Å². The third kappa shape index (κ3) is 1.13. The summed E-state index contributed by atoms with van der Waals surface area (Å²) in [5, 5.41) is 9.17. The second-order valence-corrected chi connectivity index (χ2v) is 7.05. The first-order chi connectivity index (χ1) is 7.08. The molecule has 0 bridgehead atoms. The first-order valence-corrected chi connectivity index (χ1v) is 5.72. The lowest BCUT2D eigenvalue weighted by molar-refractivity contribution is -0.160. The third-order valence-corrected chi connectivity index (χ3v) is 4.34. The molecule has 90 valence electrons. The van der Waals surface area contributed by atoms with Crippen molar-refractivity contribution in [2.24, 2.45) is 16.7 Å². The van der Waals surface area contributed by atoms with E-state index in [0.29, 0.717) is 0 Å². The number of rotatable bonds is 1. The molecule has 0 aromatic heterocycles. The summed E-state index contributed by atoms with van der Waals surface area (Å²) in [5.41, 5.74) is -2.30. The number of fused-ring (bicyclic) bond motifs is 1. The Labute approximate surface area is 107 Å². The Morgan fingerprint density at radius 1 is 1.44 bits per heavy atom. The molecule has 1 saturated heterocycles. The van der Waals surface area contributed by atoms with Crippen LogP contribution in [-0.2, 0) is 14.3 Å². The highest BCUT2D eigenvalue weighted by Gasteiger charge is 2.89. The number of cyclic esters (lactones) is 1. The topological polar surface area (TPSA) is 63.6 Å². The molecule has 2 aliphatic rings. The first kappa shape index (κ1) is 12.3. The minimum Gasteiger partial charge on any atom is -0.480 e. The predicted octanol–water partition coefficient (Wildman–Crippen LogP) is 2.01. The van der Waals surface area contributed by atoms with Crippen LogP contribution in [0.15, 0.2) is 0 Å². The summed E-state index contributed by atoms with van der Waals surface area (Å²) >= 11 is 17.0. The lowest BCUT2D eigenvalue weighted by Gasteiger charge is -2.24. The highest BCUT2D eigenvalue weighted by Crippen LogP contribution is 2.76. The molecule has 0 aromatic carbocycles. The zero-order chi connectivity index (χ0) is 12.5. The molecular formula is C9H9Cl3O4. The van der Waals surface area contributed by atoms with Crippen molar-refractivity contribution in [3.8, 4) is 0 Å². The quantitative estimate of drug-likeness (QED) is 0.455. The van der Waals surface area contributed by atoms with Crippen molar-refractivity contribution in [1.82, 2.24) is 0 Å². The van der Waals surface area contributed by atoms with Crippen LogP contribution >= 0.6 is 34.8 Å². The van der Waals surface area contributed by atoms with Gasteiger partial charge in [-0.05, 0) is 0 Å². The average Bonchev–Trinajstić information content (AvgIpc) is 2.44. The summed E-state index contributed by atoms with van der Waals surface area (Å²) in [7, 11) is 0. The largest absolute Gasteiger partial charge is 0.480 e. The van der Waals surface area contributed by atoms with E-state index in [4.69, 9.17) is 39.5 Å². The fourth-order valence-corrected chi connectivity index (χ4v) is 3.34. The van der Waals surface area contributed by atoms with Gasteiger partial charge < -0.3 is 9.84 Å². The normalized spacial score (nSPS) is 40.2. The van der Waals surface area contributed by atoms with E-state index < -0.39 is 38.6 Å². The third-order valence-electron chi connectivity index (χ3n) is 3.70. The van der Waals surface area contributed by atoms with Gasteiger partial charge in [0.05, 0.1) is 0 Å². The van der Waals surface area contributed by atoms with Crippen LogP contribution in [0.5, 0.6) is 0 Å². The maximum absolute atomic E-state index is 11.7. The smallest absolute Gasteiger partial charge is 0.324 e. The molecule has 1 heterocycles. The van der Waals surface area contributed by atoms with Gasteiger partial charge in [0.25, 0.3) is 0 Å². The lowest BCUT2D eigenvalue weighted by atomic mass is 9.96. The number of hydrogen-bond donors (Lipinski definition) is 1. The molecule has 2 fully saturated rings. The molecule has 4 nitrogen and oxygen atoms in total. The summed E-state index contributed by atoms with van der Waals surface area (Å²) in [4.78, 5) is 22.9. The number of esters is 1. The van der Waals surface area contributed by atoms with Gasteiger partial charge in [0.15, 0.2) is 11.5 Å². The average molecular weight is 288 g/mol. The highest BCUT2D eigenvalue weighted by molar-refractivity contribution is 6.68. The van der Waals surface area contributed by atoms with Gasteiger partial charge in [0.1, 0.15) is 0 Å². The summed E-state index contributed by atoms with van der Waals surface area (Å²) < 4.78 is 3.07. The van der Waals surface area contributed by atoms with Gasteiger partial charge in [-0.25, -0.2) is 0 Å². The Morgan fingerprint density at radius 2 is 1.94 bits per heavy atom. The molecular weight excluding hydrogens is 278 g/mol. The monoisotopic (exact) mass is 286 g/mol. The number of hydrogen-bond acceptors (Lipinski definition) is 3. The number of carboxylic acid groups (broad SMARTS) is 1. The van der Waals surface area contributed by atoms with Gasteiger partial charge >= 0.3 is 11.9 Å².